The van der Waals surface area contributed by atoms with Crippen molar-refractivity contribution < 1.29 is 17.9 Å². The second kappa shape index (κ2) is 5.38. The predicted octanol–water partition coefficient (Wildman–Crippen LogP) is 1.48. The number of nitrogen functional groups attached to an aromatic ring is 1. The van der Waals surface area contributed by atoms with Gasteiger partial charge in [0.1, 0.15) is 0 Å². The molecule has 20 heavy (non-hydrogen) atoms. The van der Waals surface area contributed by atoms with Crippen LogP contribution in [0.3, 0.4) is 0 Å². The molecule has 2 N–H and O–H groups in total. The van der Waals surface area contributed by atoms with Gasteiger partial charge in [-0.25, -0.2) is 17.2 Å². The summed E-state index contributed by atoms with van der Waals surface area (Å²) in [6.07, 6.45) is 1.24. The molecule has 0 bridgehead atoms. The maximum atomic E-state index is 12.5. The number of benzene rings is 1. The molecule has 0 spiro atoms. The summed E-state index contributed by atoms with van der Waals surface area (Å²) in [6.45, 7) is 1.77. The summed E-state index contributed by atoms with van der Waals surface area (Å²) in [6, 6.07) is 9.15. The van der Waals surface area contributed by atoms with Crippen molar-refractivity contribution in [3.05, 3.63) is 48.3 Å². The van der Waals surface area contributed by atoms with Gasteiger partial charge in [-0.1, -0.05) is 18.2 Å². The molecule has 1 aromatic carbocycles. The van der Waals surface area contributed by atoms with Gasteiger partial charge in [-0.05, 0) is 25.1 Å². The Morgan fingerprint density at radius 1 is 1.25 bits per heavy atom. The number of aromatic nitrogens is 1. The molecule has 0 aliphatic rings. The van der Waals surface area contributed by atoms with Crippen molar-refractivity contribution in [2.45, 2.75) is 11.8 Å². The van der Waals surface area contributed by atoms with Gasteiger partial charge in [0, 0.05) is 6.20 Å². The molecule has 0 atom stereocenters. The van der Waals surface area contributed by atoms with E-state index >= 15 is 0 Å². The SMILES string of the molecule is CCOC(=O)c1c(N)ccn1S(=O)(=O)c1ccccc1. The number of rotatable bonds is 4. The summed E-state index contributed by atoms with van der Waals surface area (Å²) in [4.78, 5) is 11.9. The summed E-state index contributed by atoms with van der Waals surface area (Å²) in [5.74, 6) is -0.769. The normalized spacial score (nSPS) is 11.2. The Hall–Kier alpha value is -2.28. The minimum atomic E-state index is -3.88. The lowest BCUT2D eigenvalue weighted by Crippen LogP contribution is -2.20. The highest BCUT2D eigenvalue weighted by atomic mass is 32.2. The van der Waals surface area contributed by atoms with Crippen LogP contribution in [0.2, 0.25) is 0 Å². The van der Waals surface area contributed by atoms with Crippen LogP contribution < -0.4 is 5.73 Å². The van der Waals surface area contributed by atoms with Crippen molar-refractivity contribution >= 4 is 21.7 Å². The Labute approximate surface area is 116 Å². The Kier molecular flexibility index (Phi) is 3.80. The summed E-state index contributed by atoms with van der Waals surface area (Å²) in [5.41, 5.74) is 5.53. The van der Waals surface area contributed by atoms with Gasteiger partial charge in [0.25, 0.3) is 10.0 Å². The maximum Gasteiger partial charge on any atom is 0.358 e. The van der Waals surface area contributed by atoms with Crippen LogP contribution in [-0.4, -0.2) is 25.0 Å². The van der Waals surface area contributed by atoms with E-state index in [2.05, 4.69) is 0 Å². The first-order valence-corrected chi connectivity index (χ1v) is 7.37. The zero-order valence-electron chi connectivity index (χ0n) is 10.8. The van der Waals surface area contributed by atoms with Gasteiger partial charge in [0.2, 0.25) is 0 Å². The molecule has 0 aliphatic carbocycles. The summed E-state index contributed by atoms with van der Waals surface area (Å²) >= 11 is 0. The van der Waals surface area contributed by atoms with Gasteiger partial charge in [0.15, 0.2) is 5.69 Å². The molecule has 0 saturated heterocycles. The van der Waals surface area contributed by atoms with E-state index in [1.807, 2.05) is 0 Å². The standard InChI is InChI=1S/C13H14N2O4S/c1-2-19-13(16)12-11(14)8-9-15(12)20(17,18)10-6-4-3-5-7-10/h3-9H,2,14H2,1H3. The number of ether oxygens (including phenoxy) is 1. The Balaban J connectivity index is 2.57. The highest BCUT2D eigenvalue weighted by Crippen LogP contribution is 2.21. The van der Waals surface area contributed by atoms with Crippen LogP contribution in [0.15, 0.2) is 47.5 Å². The number of carbonyl (C=O) groups is 1. The van der Waals surface area contributed by atoms with Gasteiger partial charge >= 0.3 is 5.97 Å². The van der Waals surface area contributed by atoms with E-state index in [1.54, 1.807) is 25.1 Å². The number of anilines is 1. The third-order valence-corrected chi connectivity index (χ3v) is 4.34. The lowest BCUT2D eigenvalue weighted by Gasteiger charge is -2.10. The number of carbonyl (C=O) groups excluding carboxylic acids is 1. The van der Waals surface area contributed by atoms with Gasteiger partial charge in [0.05, 0.1) is 17.2 Å². The molecule has 0 unspecified atom stereocenters. The molecule has 7 heteroatoms. The number of nitrogens with two attached hydrogens (primary N) is 1. The van der Waals surface area contributed by atoms with E-state index in [4.69, 9.17) is 10.5 Å². The highest BCUT2D eigenvalue weighted by Gasteiger charge is 2.25. The lowest BCUT2D eigenvalue weighted by molar-refractivity contribution is 0.0519. The van der Waals surface area contributed by atoms with Crippen molar-refractivity contribution in [3.8, 4) is 0 Å². The second-order valence-corrected chi connectivity index (χ2v) is 5.77. The predicted molar refractivity (Wildman–Crippen MR) is 73.8 cm³/mol. The molecule has 0 fully saturated rings. The minimum absolute atomic E-state index is 0.0583. The molecule has 2 aromatic rings. The van der Waals surface area contributed by atoms with Crippen LogP contribution >= 0.6 is 0 Å². The minimum Gasteiger partial charge on any atom is -0.461 e. The molecule has 1 aromatic heterocycles. The Morgan fingerprint density at radius 3 is 2.50 bits per heavy atom. The zero-order chi connectivity index (χ0) is 14.8. The molecule has 0 amide bonds. The van der Waals surface area contributed by atoms with E-state index in [-0.39, 0.29) is 22.9 Å². The molecule has 6 nitrogen and oxygen atoms in total. The Bertz CT molecular complexity index is 720. The molecule has 0 saturated carbocycles. The fourth-order valence-electron chi connectivity index (χ4n) is 1.74. The number of esters is 1. The summed E-state index contributed by atoms with van der Waals surface area (Å²) in [5, 5.41) is 0. The smallest absolute Gasteiger partial charge is 0.358 e. The first-order chi connectivity index (χ1) is 9.48. The van der Waals surface area contributed by atoms with Crippen LogP contribution in [-0.2, 0) is 14.8 Å². The Morgan fingerprint density at radius 2 is 1.90 bits per heavy atom. The van der Waals surface area contributed by atoms with Crippen molar-refractivity contribution in [1.82, 2.24) is 3.97 Å². The van der Waals surface area contributed by atoms with Crippen LogP contribution in [0.4, 0.5) is 5.69 Å². The van der Waals surface area contributed by atoms with Gasteiger partial charge in [-0.15, -0.1) is 0 Å². The van der Waals surface area contributed by atoms with Crippen LogP contribution in [0.5, 0.6) is 0 Å². The lowest BCUT2D eigenvalue weighted by atomic mass is 10.4. The van der Waals surface area contributed by atoms with Gasteiger partial charge in [-0.2, -0.15) is 0 Å². The summed E-state index contributed by atoms with van der Waals surface area (Å²) < 4.78 is 30.6. The second-order valence-electron chi connectivity index (χ2n) is 3.95. The van der Waals surface area contributed by atoms with Crippen molar-refractivity contribution in [1.29, 1.82) is 0 Å². The van der Waals surface area contributed by atoms with Crippen LogP contribution in [0.1, 0.15) is 17.4 Å². The summed E-state index contributed by atoms with van der Waals surface area (Å²) in [7, 11) is -3.88. The van der Waals surface area contributed by atoms with E-state index in [1.165, 1.54) is 24.4 Å². The third kappa shape index (κ3) is 2.39. The van der Waals surface area contributed by atoms with Gasteiger partial charge < -0.3 is 10.5 Å². The van der Waals surface area contributed by atoms with Crippen molar-refractivity contribution in [3.63, 3.8) is 0 Å². The fraction of sp³-hybridized carbons (Fsp3) is 0.154. The van der Waals surface area contributed by atoms with Crippen LogP contribution in [0, 0.1) is 0 Å². The maximum absolute atomic E-state index is 12.5. The van der Waals surface area contributed by atoms with E-state index < -0.39 is 16.0 Å². The molecular formula is C13H14N2O4S. The van der Waals surface area contributed by atoms with Crippen molar-refractivity contribution in [2.75, 3.05) is 12.3 Å². The molecule has 0 aliphatic heterocycles. The molecule has 2 rings (SSSR count). The zero-order valence-corrected chi connectivity index (χ0v) is 11.6. The molecule has 1 heterocycles. The topological polar surface area (TPSA) is 91.4 Å². The molecule has 106 valence electrons. The molecular weight excluding hydrogens is 280 g/mol. The third-order valence-electron chi connectivity index (χ3n) is 2.65. The van der Waals surface area contributed by atoms with E-state index in [0.29, 0.717) is 0 Å². The largest absolute Gasteiger partial charge is 0.461 e. The average Bonchev–Trinajstić information content (AvgIpc) is 2.82. The number of hydrogen-bond donors (Lipinski definition) is 1. The number of hydrogen-bond acceptors (Lipinski definition) is 5. The fourth-order valence-corrected chi connectivity index (χ4v) is 3.11. The average molecular weight is 294 g/mol. The molecule has 0 radical (unpaired) electrons. The van der Waals surface area contributed by atoms with E-state index in [9.17, 15) is 13.2 Å². The highest BCUT2D eigenvalue weighted by molar-refractivity contribution is 7.90. The number of nitrogens with zero attached hydrogens (tertiary/aromatic N) is 1. The van der Waals surface area contributed by atoms with Gasteiger partial charge in [-0.3, -0.25) is 0 Å². The van der Waals surface area contributed by atoms with Crippen LogP contribution in [0.25, 0.3) is 0 Å². The first kappa shape index (κ1) is 14.1. The van der Waals surface area contributed by atoms with Crippen molar-refractivity contribution in [2.24, 2.45) is 0 Å². The first-order valence-electron chi connectivity index (χ1n) is 5.93. The van der Waals surface area contributed by atoms with E-state index in [0.717, 1.165) is 3.97 Å². The monoisotopic (exact) mass is 294 g/mol. The quantitative estimate of drug-likeness (QED) is 0.862.